The van der Waals surface area contributed by atoms with Gasteiger partial charge in [-0.3, -0.25) is 9.88 Å². The molecule has 0 aromatic carbocycles. The van der Waals surface area contributed by atoms with Crippen molar-refractivity contribution in [1.82, 2.24) is 20.5 Å². The third-order valence-electron chi connectivity index (χ3n) is 4.81. The number of likely N-dealkylation sites (tertiary alicyclic amines) is 1. The van der Waals surface area contributed by atoms with E-state index in [4.69, 9.17) is 0 Å². The van der Waals surface area contributed by atoms with Gasteiger partial charge in [-0.25, -0.2) is 4.79 Å². The Balaban J connectivity index is 1.75. The van der Waals surface area contributed by atoms with Crippen molar-refractivity contribution >= 4 is 6.03 Å². The van der Waals surface area contributed by atoms with Crippen molar-refractivity contribution in [3.05, 3.63) is 30.1 Å². The number of amides is 2. The smallest absolute Gasteiger partial charge is 0.315 e. The molecule has 1 saturated heterocycles. The number of nitrogens with one attached hydrogen (secondary N) is 2. The van der Waals surface area contributed by atoms with E-state index in [9.17, 15) is 4.79 Å². The number of aromatic nitrogens is 1. The van der Waals surface area contributed by atoms with E-state index in [1.807, 2.05) is 12.1 Å². The monoisotopic (exact) mass is 318 g/mol. The molecule has 1 aliphatic rings. The van der Waals surface area contributed by atoms with Gasteiger partial charge in [0.15, 0.2) is 0 Å². The van der Waals surface area contributed by atoms with Crippen LogP contribution in [0.3, 0.4) is 0 Å². The fourth-order valence-electron chi connectivity index (χ4n) is 3.10. The number of carbonyl (C=O) groups excluding carboxylic acids is 1. The lowest BCUT2D eigenvalue weighted by Gasteiger charge is -2.43. The maximum absolute atomic E-state index is 12.0. The van der Waals surface area contributed by atoms with Gasteiger partial charge in [-0.2, -0.15) is 0 Å². The molecule has 2 amide bonds. The summed E-state index contributed by atoms with van der Waals surface area (Å²) in [5.41, 5.74) is 0.989. The third kappa shape index (κ3) is 5.50. The Morgan fingerprint density at radius 3 is 2.96 bits per heavy atom. The summed E-state index contributed by atoms with van der Waals surface area (Å²) in [6.07, 6.45) is 7.33. The molecule has 0 unspecified atom stereocenters. The minimum absolute atomic E-state index is 0.0144. The molecule has 2 heterocycles. The number of hydrogen-bond donors (Lipinski definition) is 2. The van der Waals surface area contributed by atoms with Crippen LogP contribution in [0.1, 0.15) is 45.6 Å². The SMILES string of the molecule is CC[C@@H]1CCCN(C(C)(C)CNC(=O)NCc2cccnc2)C1. The number of hydrogen-bond acceptors (Lipinski definition) is 3. The standard InChI is InChI=1S/C18H30N4O/c1-4-15-8-6-10-22(13-15)18(2,3)14-21-17(23)20-12-16-7-5-9-19-11-16/h5,7,9,11,15H,4,6,8,10,12-14H2,1-3H3,(H2,20,21,23)/t15-/m1/s1. The maximum Gasteiger partial charge on any atom is 0.315 e. The molecule has 1 aromatic rings. The van der Waals surface area contributed by atoms with Crippen molar-refractivity contribution in [2.75, 3.05) is 19.6 Å². The molecule has 0 spiro atoms. The number of nitrogens with zero attached hydrogens (tertiary/aromatic N) is 2. The Bertz CT molecular complexity index is 489. The number of rotatable bonds is 6. The van der Waals surface area contributed by atoms with Crippen LogP contribution in [0.4, 0.5) is 4.79 Å². The highest BCUT2D eigenvalue weighted by molar-refractivity contribution is 5.73. The zero-order valence-electron chi connectivity index (χ0n) is 14.6. The Labute approximate surface area is 139 Å². The molecule has 2 rings (SSSR count). The van der Waals surface area contributed by atoms with Gasteiger partial charge in [-0.1, -0.05) is 19.4 Å². The van der Waals surface area contributed by atoms with Crippen LogP contribution in [0.15, 0.2) is 24.5 Å². The minimum Gasteiger partial charge on any atom is -0.336 e. The summed E-state index contributed by atoms with van der Waals surface area (Å²) < 4.78 is 0. The summed E-state index contributed by atoms with van der Waals surface area (Å²) in [4.78, 5) is 18.6. The van der Waals surface area contributed by atoms with Crippen LogP contribution in [-0.4, -0.2) is 41.1 Å². The van der Waals surface area contributed by atoms with Crippen LogP contribution in [0.25, 0.3) is 0 Å². The van der Waals surface area contributed by atoms with E-state index in [2.05, 4.69) is 41.3 Å². The molecule has 1 fully saturated rings. The van der Waals surface area contributed by atoms with Crippen LogP contribution < -0.4 is 10.6 Å². The van der Waals surface area contributed by atoms with Crippen molar-refractivity contribution in [2.24, 2.45) is 5.92 Å². The first-order valence-electron chi connectivity index (χ1n) is 8.67. The second-order valence-corrected chi connectivity index (χ2v) is 7.07. The van der Waals surface area contributed by atoms with Gasteiger partial charge in [0.05, 0.1) is 0 Å². The Morgan fingerprint density at radius 1 is 1.43 bits per heavy atom. The maximum atomic E-state index is 12.0. The van der Waals surface area contributed by atoms with Crippen molar-refractivity contribution in [2.45, 2.75) is 52.1 Å². The molecule has 1 aromatic heterocycles. The molecule has 1 atom stereocenters. The van der Waals surface area contributed by atoms with Gasteiger partial charge >= 0.3 is 6.03 Å². The first kappa shape index (κ1) is 17.7. The number of carbonyl (C=O) groups is 1. The molecular formula is C18H30N4O. The van der Waals surface area contributed by atoms with E-state index < -0.39 is 0 Å². The van der Waals surface area contributed by atoms with Gasteiger partial charge in [0, 0.05) is 37.6 Å². The topological polar surface area (TPSA) is 57.3 Å². The van der Waals surface area contributed by atoms with Crippen molar-refractivity contribution in [1.29, 1.82) is 0 Å². The first-order valence-corrected chi connectivity index (χ1v) is 8.67. The zero-order chi connectivity index (χ0) is 16.7. The molecule has 1 aliphatic heterocycles. The summed E-state index contributed by atoms with van der Waals surface area (Å²) in [5.74, 6) is 0.794. The Hall–Kier alpha value is -1.62. The van der Waals surface area contributed by atoms with Gasteiger partial charge in [0.1, 0.15) is 0 Å². The highest BCUT2D eigenvalue weighted by atomic mass is 16.2. The van der Waals surface area contributed by atoms with E-state index in [-0.39, 0.29) is 11.6 Å². The summed E-state index contributed by atoms with van der Waals surface area (Å²) in [6.45, 7) is 10.1. The molecular weight excluding hydrogens is 288 g/mol. The fraction of sp³-hybridized carbons (Fsp3) is 0.667. The predicted molar refractivity (Wildman–Crippen MR) is 93.1 cm³/mol. The zero-order valence-corrected chi connectivity index (χ0v) is 14.6. The third-order valence-corrected chi connectivity index (χ3v) is 4.81. The number of pyridine rings is 1. The Kier molecular flexibility index (Phi) is 6.39. The van der Waals surface area contributed by atoms with Gasteiger partial charge in [0.2, 0.25) is 0 Å². The number of urea groups is 1. The molecule has 5 nitrogen and oxygen atoms in total. The van der Waals surface area contributed by atoms with E-state index in [0.717, 1.165) is 24.6 Å². The lowest BCUT2D eigenvalue weighted by molar-refractivity contribution is 0.0665. The van der Waals surface area contributed by atoms with Gasteiger partial charge in [-0.05, 0) is 50.8 Å². The van der Waals surface area contributed by atoms with Gasteiger partial charge < -0.3 is 10.6 Å². The molecule has 2 N–H and O–H groups in total. The van der Waals surface area contributed by atoms with Crippen molar-refractivity contribution in [3.8, 4) is 0 Å². The van der Waals surface area contributed by atoms with Crippen LogP contribution in [0.2, 0.25) is 0 Å². The predicted octanol–water partition coefficient (Wildman–Crippen LogP) is 2.78. The Morgan fingerprint density at radius 2 is 2.26 bits per heavy atom. The largest absolute Gasteiger partial charge is 0.336 e. The molecule has 0 bridgehead atoms. The second-order valence-electron chi connectivity index (χ2n) is 7.07. The molecule has 5 heteroatoms. The highest BCUT2D eigenvalue weighted by Crippen LogP contribution is 2.25. The van der Waals surface area contributed by atoms with Crippen molar-refractivity contribution < 1.29 is 4.79 Å². The quantitative estimate of drug-likeness (QED) is 0.848. The average molecular weight is 318 g/mol. The van der Waals surface area contributed by atoms with E-state index in [1.54, 1.807) is 12.4 Å². The lowest BCUT2D eigenvalue weighted by Crippen LogP contribution is -2.55. The highest BCUT2D eigenvalue weighted by Gasteiger charge is 2.31. The van der Waals surface area contributed by atoms with Crippen LogP contribution in [0, 0.1) is 5.92 Å². The summed E-state index contributed by atoms with van der Waals surface area (Å²) in [7, 11) is 0. The van der Waals surface area contributed by atoms with Crippen molar-refractivity contribution in [3.63, 3.8) is 0 Å². The lowest BCUT2D eigenvalue weighted by atomic mass is 9.91. The molecule has 0 saturated carbocycles. The molecule has 128 valence electrons. The fourth-order valence-corrected chi connectivity index (χ4v) is 3.10. The van der Waals surface area contributed by atoms with Crippen LogP contribution >= 0.6 is 0 Å². The van der Waals surface area contributed by atoms with Crippen LogP contribution in [-0.2, 0) is 6.54 Å². The summed E-state index contributed by atoms with van der Waals surface area (Å²) in [6, 6.07) is 3.71. The molecule has 0 aliphatic carbocycles. The minimum atomic E-state index is -0.119. The summed E-state index contributed by atoms with van der Waals surface area (Å²) in [5, 5.41) is 5.90. The van der Waals surface area contributed by atoms with E-state index in [1.165, 1.54) is 19.3 Å². The molecule has 23 heavy (non-hydrogen) atoms. The second kappa shape index (κ2) is 8.29. The van der Waals surface area contributed by atoms with Crippen LogP contribution in [0.5, 0.6) is 0 Å². The number of piperidine rings is 1. The van der Waals surface area contributed by atoms with E-state index >= 15 is 0 Å². The normalized spacial score (nSPS) is 19.3. The van der Waals surface area contributed by atoms with Gasteiger partial charge in [-0.15, -0.1) is 0 Å². The summed E-state index contributed by atoms with van der Waals surface area (Å²) >= 11 is 0. The molecule has 0 radical (unpaired) electrons. The first-order chi connectivity index (χ1) is 11.0. The van der Waals surface area contributed by atoms with E-state index in [0.29, 0.717) is 13.1 Å². The van der Waals surface area contributed by atoms with Gasteiger partial charge in [0.25, 0.3) is 0 Å². The average Bonchev–Trinajstić information content (AvgIpc) is 2.59.